The normalized spacial score (nSPS) is 36.7. The number of carbonyl (C=O) groups is 4. The van der Waals surface area contributed by atoms with Gasteiger partial charge in [0, 0.05) is 44.9 Å². The minimum absolute atomic E-state index is 0.0312. The Morgan fingerprint density at radius 1 is 1.04 bits per heavy atom. The van der Waals surface area contributed by atoms with Crippen molar-refractivity contribution in [2.45, 2.75) is 135 Å². The number of benzene rings is 1. The molecule has 3 aliphatic heterocycles. The van der Waals surface area contributed by atoms with E-state index in [1.165, 1.54) is 20.3 Å². The highest BCUT2D eigenvalue weighted by Crippen LogP contribution is 2.39. The molecular weight excluding hydrogens is 694 g/mol. The lowest BCUT2D eigenvalue weighted by molar-refractivity contribution is -0.302. The zero-order valence-corrected chi connectivity index (χ0v) is 33.2. The number of phenolic OH excluding ortho intramolecular Hbond substituents is 1. The number of ketones is 2. The standard InChI is InChI=1S/C42H61NO11/c1-9-30-18-24(2)17-25(3)19-35(51-7)38-36(52-8)21-27(5)42(50,54-38)39(47)40(48)43-16-11-10-15-32(43)41(49)53-37(28(6)33(45)23-34(30)46)26(4)20-29-13-12-14-31(44)22-29/h12-14,18,20,22,25,27-28,30,32-33,35-38,44-45,50H,9-11,15-17,19,21,23H2,1-8H3/b24-18+,26-20+/t25-,27+,28+,30+,32-,33-,35-,36-,37-,38+,42+/m0/s1. The fourth-order valence-electron chi connectivity index (χ4n) is 8.34. The number of carbonyl (C=O) groups excluding carboxylic acids is 4. The molecule has 300 valence electrons. The summed E-state index contributed by atoms with van der Waals surface area (Å²) in [4.78, 5) is 57.3. The van der Waals surface area contributed by atoms with Crippen molar-refractivity contribution < 1.29 is 53.4 Å². The number of amides is 1. The third-order valence-corrected chi connectivity index (χ3v) is 11.6. The monoisotopic (exact) mass is 755 g/mol. The lowest BCUT2D eigenvalue weighted by Gasteiger charge is -2.47. The van der Waals surface area contributed by atoms with E-state index in [0.717, 1.165) is 10.5 Å². The lowest BCUT2D eigenvalue weighted by atomic mass is 9.82. The fraction of sp³-hybridized carbons (Fsp3) is 0.667. The molecule has 2 fully saturated rings. The van der Waals surface area contributed by atoms with Gasteiger partial charge >= 0.3 is 5.97 Å². The largest absolute Gasteiger partial charge is 0.508 e. The van der Waals surface area contributed by atoms with Crippen LogP contribution >= 0.6 is 0 Å². The first-order chi connectivity index (χ1) is 25.5. The summed E-state index contributed by atoms with van der Waals surface area (Å²) >= 11 is 0. The van der Waals surface area contributed by atoms with Gasteiger partial charge in [0.2, 0.25) is 5.79 Å². The predicted octanol–water partition coefficient (Wildman–Crippen LogP) is 5.16. The first-order valence-corrected chi connectivity index (χ1v) is 19.4. The van der Waals surface area contributed by atoms with Gasteiger partial charge in [-0.15, -0.1) is 0 Å². The molecule has 0 spiro atoms. The molecule has 0 aromatic heterocycles. The maximum atomic E-state index is 14.2. The van der Waals surface area contributed by atoms with Crippen molar-refractivity contribution in [2.24, 2.45) is 23.7 Å². The van der Waals surface area contributed by atoms with Crippen LogP contribution in [0, 0.1) is 23.7 Å². The highest BCUT2D eigenvalue weighted by atomic mass is 16.7. The number of methoxy groups -OCH3 is 2. The second kappa shape index (κ2) is 18.9. The Hall–Kier alpha value is -3.42. The quantitative estimate of drug-likeness (QED) is 0.206. The molecular formula is C42H61NO11. The van der Waals surface area contributed by atoms with Gasteiger partial charge in [0.05, 0.1) is 18.3 Å². The molecule has 1 amide bonds. The number of hydrogen-bond donors (Lipinski definition) is 3. The summed E-state index contributed by atoms with van der Waals surface area (Å²) in [7, 11) is 3.05. The summed E-state index contributed by atoms with van der Waals surface area (Å²) in [6.45, 7) is 11.1. The van der Waals surface area contributed by atoms with Crippen LogP contribution in [-0.4, -0.2) is 107 Å². The van der Waals surface area contributed by atoms with Gasteiger partial charge in [-0.1, -0.05) is 57.6 Å². The molecule has 1 aromatic rings. The second-order valence-corrected chi connectivity index (χ2v) is 15.8. The SMILES string of the molecule is CC[C@@H]1/C=C(\C)C[C@H](C)C[C@H](OC)[C@H]2O[C@@](O)(C(=O)C(=O)N3CCCC[C@H]3C(=O)O[C@@H](/C(C)=C/c3cccc(O)c3)[C@H](C)[C@@H](O)CC1=O)[C@H](C)C[C@@H]2OC. The number of allylic oxidation sites excluding steroid dienone is 2. The van der Waals surface area contributed by atoms with Gasteiger partial charge in [-0.05, 0) is 88.0 Å². The van der Waals surface area contributed by atoms with Crippen molar-refractivity contribution >= 4 is 29.5 Å². The van der Waals surface area contributed by atoms with Gasteiger partial charge < -0.3 is 39.2 Å². The van der Waals surface area contributed by atoms with Crippen molar-refractivity contribution in [2.75, 3.05) is 20.8 Å². The molecule has 0 radical (unpaired) electrons. The minimum atomic E-state index is -2.51. The van der Waals surface area contributed by atoms with Crippen molar-refractivity contribution in [1.29, 1.82) is 0 Å². The molecule has 0 saturated carbocycles. The molecule has 3 heterocycles. The average Bonchev–Trinajstić information content (AvgIpc) is 3.14. The molecule has 12 heteroatoms. The van der Waals surface area contributed by atoms with Crippen molar-refractivity contribution in [1.82, 2.24) is 4.90 Å². The number of aliphatic hydroxyl groups excluding tert-OH is 1. The zero-order chi connectivity index (χ0) is 39.9. The predicted molar refractivity (Wildman–Crippen MR) is 202 cm³/mol. The van der Waals surface area contributed by atoms with E-state index in [1.54, 1.807) is 45.0 Å². The van der Waals surface area contributed by atoms with Gasteiger partial charge in [-0.3, -0.25) is 14.4 Å². The molecule has 3 aliphatic rings. The van der Waals surface area contributed by atoms with E-state index in [2.05, 4.69) is 0 Å². The number of aliphatic hydroxyl groups is 2. The molecule has 12 nitrogen and oxygen atoms in total. The van der Waals surface area contributed by atoms with E-state index < -0.39 is 77.8 Å². The summed E-state index contributed by atoms with van der Waals surface area (Å²) in [6, 6.07) is 5.37. The summed E-state index contributed by atoms with van der Waals surface area (Å²) in [5.41, 5.74) is 2.15. The summed E-state index contributed by atoms with van der Waals surface area (Å²) < 4.78 is 24.1. The molecule has 2 bridgehead atoms. The Morgan fingerprint density at radius 2 is 1.72 bits per heavy atom. The average molecular weight is 756 g/mol. The molecule has 2 saturated heterocycles. The molecule has 1 aromatic carbocycles. The van der Waals surface area contributed by atoms with E-state index >= 15 is 0 Å². The molecule has 0 aliphatic carbocycles. The number of aromatic hydroxyl groups is 1. The number of esters is 1. The van der Waals surface area contributed by atoms with Gasteiger partial charge in [0.1, 0.15) is 29.8 Å². The number of cyclic esters (lactones) is 1. The van der Waals surface area contributed by atoms with Crippen molar-refractivity contribution in [3.63, 3.8) is 0 Å². The Morgan fingerprint density at radius 3 is 2.37 bits per heavy atom. The van der Waals surface area contributed by atoms with Crippen LogP contribution in [0.3, 0.4) is 0 Å². The molecule has 54 heavy (non-hydrogen) atoms. The number of nitrogens with zero attached hydrogens (tertiary/aromatic N) is 1. The van der Waals surface area contributed by atoms with E-state index in [4.69, 9.17) is 18.9 Å². The summed E-state index contributed by atoms with van der Waals surface area (Å²) in [5, 5.41) is 33.6. The van der Waals surface area contributed by atoms with Crippen molar-refractivity contribution in [3.8, 4) is 5.75 Å². The van der Waals surface area contributed by atoms with Crippen LogP contribution in [-0.2, 0) is 38.1 Å². The number of ether oxygens (including phenoxy) is 4. The Bertz CT molecular complexity index is 1560. The zero-order valence-electron chi connectivity index (χ0n) is 33.2. The molecule has 11 atom stereocenters. The molecule has 0 unspecified atom stereocenters. The van der Waals surface area contributed by atoms with Crippen LogP contribution in [0.5, 0.6) is 5.75 Å². The Balaban J connectivity index is 1.79. The number of hydrogen-bond acceptors (Lipinski definition) is 11. The second-order valence-electron chi connectivity index (χ2n) is 15.8. The number of phenols is 1. The first kappa shape index (κ1) is 43.3. The van der Waals surface area contributed by atoms with Gasteiger partial charge in [-0.25, -0.2) is 4.79 Å². The minimum Gasteiger partial charge on any atom is -0.508 e. The van der Waals surface area contributed by atoms with Gasteiger partial charge in [0.25, 0.3) is 11.7 Å². The topological polar surface area (TPSA) is 169 Å². The summed E-state index contributed by atoms with van der Waals surface area (Å²) in [5.74, 6) is -7.60. The van der Waals surface area contributed by atoms with Crippen LogP contribution in [0.4, 0.5) is 0 Å². The first-order valence-electron chi connectivity index (χ1n) is 19.4. The number of Topliss-reactive ketones (excluding diaryl/α,β-unsaturated/α-hetero) is 2. The third kappa shape index (κ3) is 10.1. The number of piperidine rings is 1. The molecule has 3 N–H and O–H groups in total. The lowest BCUT2D eigenvalue weighted by Crippen LogP contribution is -2.64. The highest BCUT2D eigenvalue weighted by molar-refractivity contribution is 6.39. The van der Waals surface area contributed by atoms with Crippen LogP contribution in [0.15, 0.2) is 41.5 Å². The smallest absolute Gasteiger partial charge is 0.329 e. The number of fused-ring (bicyclic) bond motifs is 3. The van der Waals surface area contributed by atoms with Crippen molar-refractivity contribution in [3.05, 3.63) is 47.1 Å². The fourth-order valence-corrected chi connectivity index (χ4v) is 8.34. The highest BCUT2D eigenvalue weighted by Gasteiger charge is 2.56. The van der Waals surface area contributed by atoms with E-state index in [0.29, 0.717) is 43.2 Å². The van der Waals surface area contributed by atoms with Gasteiger partial charge in [-0.2, -0.15) is 0 Å². The summed E-state index contributed by atoms with van der Waals surface area (Å²) in [6.07, 6.45) is 2.40. The van der Waals surface area contributed by atoms with E-state index in [-0.39, 0.29) is 43.3 Å². The van der Waals surface area contributed by atoms with E-state index in [9.17, 15) is 34.5 Å². The Kier molecular flexibility index (Phi) is 15.2. The van der Waals surface area contributed by atoms with E-state index in [1.807, 2.05) is 26.8 Å². The van der Waals surface area contributed by atoms with Crippen LogP contribution in [0.1, 0.15) is 98.5 Å². The van der Waals surface area contributed by atoms with Crippen LogP contribution in [0.25, 0.3) is 6.08 Å². The van der Waals surface area contributed by atoms with Gasteiger partial charge in [0.15, 0.2) is 0 Å². The van der Waals surface area contributed by atoms with Crippen LogP contribution in [0.2, 0.25) is 0 Å². The third-order valence-electron chi connectivity index (χ3n) is 11.6. The number of rotatable bonds is 5. The Labute approximate surface area is 319 Å². The maximum Gasteiger partial charge on any atom is 0.329 e. The molecule has 4 rings (SSSR count). The van der Waals surface area contributed by atoms with Crippen LogP contribution < -0.4 is 0 Å². The maximum absolute atomic E-state index is 14.2.